The normalized spacial score (nSPS) is 18.6. The fourth-order valence-corrected chi connectivity index (χ4v) is 3.39. The van der Waals surface area contributed by atoms with E-state index in [2.05, 4.69) is 42.3 Å². The predicted octanol–water partition coefficient (Wildman–Crippen LogP) is 2.35. The maximum atomic E-state index is 5.29. The van der Waals surface area contributed by atoms with Gasteiger partial charge in [0.05, 0.1) is 12.5 Å². The highest BCUT2D eigenvalue weighted by Crippen LogP contribution is 2.29. The van der Waals surface area contributed by atoms with Crippen molar-refractivity contribution in [1.29, 1.82) is 0 Å². The zero-order valence-corrected chi connectivity index (χ0v) is 12.2. The van der Waals surface area contributed by atoms with Crippen LogP contribution < -0.4 is 10.1 Å². The Kier molecular flexibility index (Phi) is 4.92. The zero-order chi connectivity index (χ0) is 13.0. The standard InChI is InChI=1S/C14H22N2OS/c1-11-10-13(4-5-14(11)17-3)18-12(2)16-8-6-15-7-9-16/h4-5,10,12,15H,6-9H2,1-3H3. The SMILES string of the molecule is COc1ccc(SC(C)N2CCNCC2)cc1C. The van der Waals surface area contributed by atoms with Crippen LogP contribution in [-0.4, -0.2) is 43.6 Å². The van der Waals surface area contributed by atoms with Crippen LogP contribution in [0.3, 0.4) is 0 Å². The van der Waals surface area contributed by atoms with Gasteiger partial charge in [0, 0.05) is 31.1 Å². The smallest absolute Gasteiger partial charge is 0.121 e. The lowest BCUT2D eigenvalue weighted by molar-refractivity contribution is 0.234. The number of methoxy groups -OCH3 is 1. The van der Waals surface area contributed by atoms with Crippen molar-refractivity contribution in [2.75, 3.05) is 33.3 Å². The van der Waals surface area contributed by atoms with Crippen LogP contribution in [0.4, 0.5) is 0 Å². The summed E-state index contributed by atoms with van der Waals surface area (Å²) in [7, 11) is 1.72. The van der Waals surface area contributed by atoms with E-state index in [9.17, 15) is 0 Å². The summed E-state index contributed by atoms with van der Waals surface area (Å²) < 4.78 is 5.29. The molecule has 18 heavy (non-hydrogen) atoms. The molecule has 1 fully saturated rings. The molecule has 0 aliphatic carbocycles. The van der Waals surface area contributed by atoms with E-state index in [-0.39, 0.29) is 0 Å². The van der Waals surface area contributed by atoms with Crippen LogP contribution in [0.2, 0.25) is 0 Å². The Morgan fingerprint density at radius 1 is 1.33 bits per heavy atom. The molecule has 0 aromatic heterocycles. The summed E-state index contributed by atoms with van der Waals surface area (Å²) in [6, 6.07) is 6.42. The first-order valence-electron chi connectivity index (χ1n) is 6.47. The molecular formula is C14H22N2OS. The first-order chi connectivity index (χ1) is 8.70. The van der Waals surface area contributed by atoms with Gasteiger partial charge in [-0.25, -0.2) is 0 Å². The highest BCUT2D eigenvalue weighted by molar-refractivity contribution is 7.99. The van der Waals surface area contributed by atoms with Crippen molar-refractivity contribution in [3.8, 4) is 5.75 Å². The van der Waals surface area contributed by atoms with Gasteiger partial charge in [0.25, 0.3) is 0 Å². The van der Waals surface area contributed by atoms with Gasteiger partial charge in [0.1, 0.15) is 5.75 Å². The van der Waals surface area contributed by atoms with Crippen molar-refractivity contribution in [3.63, 3.8) is 0 Å². The summed E-state index contributed by atoms with van der Waals surface area (Å²) in [6.07, 6.45) is 0. The predicted molar refractivity (Wildman–Crippen MR) is 77.5 cm³/mol. The molecule has 1 unspecified atom stereocenters. The molecule has 0 radical (unpaired) electrons. The van der Waals surface area contributed by atoms with Gasteiger partial charge in [0.2, 0.25) is 0 Å². The molecule has 1 atom stereocenters. The molecule has 1 aromatic rings. The third kappa shape index (κ3) is 3.40. The Balaban J connectivity index is 1.97. The molecule has 1 N–H and O–H groups in total. The second kappa shape index (κ2) is 6.45. The van der Waals surface area contributed by atoms with Crippen molar-refractivity contribution < 1.29 is 4.74 Å². The number of ether oxygens (including phenoxy) is 1. The minimum Gasteiger partial charge on any atom is -0.496 e. The summed E-state index contributed by atoms with van der Waals surface area (Å²) in [5.74, 6) is 0.967. The lowest BCUT2D eigenvalue weighted by Crippen LogP contribution is -2.46. The lowest BCUT2D eigenvalue weighted by Gasteiger charge is -2.32. The van der Waals surface area contributed by atoms with E-state index in [0.29, 0.717) is 5.37 Å². The summed E-state index contributed by atoms with van der Waals surface area (Å²) in [4.78, 5) is 3.85. The lowest BCUT2D eigenvalue weighted by atomic mass is 10.2. The Bertz CT molecular complexity index is 391. The largest absolute Gasteiger partial charge is 0.496 e. The third-order valence-corrected chi connectivity index (χ3v) is 4.50. The molecule has 4 heteroatoms. The van der Waals surface area contributed by atoms with Crippen LogP contribution in [0, 0.1) is 6.92 Å². The van der Waals surface area contributed by atoms with Crippen LogP contribution in [0.25, 0.3) is 0 Å². The van der Waals surface area contributed by atoms with Gasteiger partial charge in [0.15, 0.2) is 0 Å². The maximum absolute atomic E-state index is 5.29. The first kappa shape index (κ1) is 13.7. The maximum Gasteiger partial charge on any atom is 0.121 e. The van der Waals surface area contributed by atoms with Crippen molar-refractivity contribution in [3.05, 3.63) is 23.8 Å². The topological polar surface area (TPSA) is 24.5 Å². The van der Waals surface area contributed by atoms with E-state index < -0.39 is 0 Å². The van der Waals surface area contributed by atoms with Crippen molar-refractivity contribution >= 4 is 11.8 Å². The van der Waals surface area contributed by atoms with E-state index in [1.165, 1.54) is 10.5 Å². The second-order valence-electron chi connectivity index (χ2n) is 4.63. The third-order valence-electron chi connectivity index (χ3n) is 3.34. The number of nitrogens with one attached hydrogen (secondary N) is 1. The van der Waals surface area contributed by atoms with E-state index in [4.69, 9.17) is 4.74 Å². The van der Waals surface area contributed by atoms with Gasteiger partial charge in [-0.15, -0.1) is 11.8 Å². The molecule has 100 valence electrons. The molecule has 3 nitrogen and oxygen atoms in total. The van der Waals surface area contributed by atoms with Gasteiger partial charge in [-0.2, -0.15) is 0 Å². The first-order valence-corrected chi connectivity index (χ1v) is 7.34. The number of aryl methyl sites for hydroxylation is 1. The van der Waals surface area contributed by atoms with Gasteiger partial charge in [-0.1, -0.05) is 0 Å². The van der Waals surface area contributed by atoms with Crippen molar-refractivity contribution in [2.24, 2.45) is 0 Å². The van der Waals surface area contributed by atoms with E-state index >= 15 is 0 Å². The van der Waals surface area contributed by atoms with Crippen molar-refractivity contribution in [2.45, 2.75) is 24.1 Å². The van der Waals surface area contributed by atoms with E-state index in [1.807, 2.05) is 11.8 Å². The Morgan fingerprint density at radius 3 is 2.67 bits per heavy atom. The number of nitrogens with zero attached hydrogens (tertiary/aromatic N) is 1. The van der Waals surface area contributed by atoms with Gasteiger partial charge < -0.3 is 10.1 Å². The average molecular weight is 266 g/mol. The van der Waals surface area contributed by atoms with Crippen molar-refractivity contribution in [1.82, 2.24) is 10.2 Å². The molecule has 1 aromatic carbocycles. The zero-order valence-electron chi connectivity index (χ0n) is 11.4. The Labute approximate surface area is 114 Å². The second-order valence-corrected chi connectivity index (χ2v) is 6.02. The Hall–Kier alpha value is -0.710. The van der Waals surface area contributed by atoms with Crippen LogP contribution in [-0.2, 0) is 0 Å². The van der Waals surface area contributed by atoms with Crippen LogP contribution in [0.15, 0.2) is 23.1 Å². The molecule has 0 saturated carbocycles. The van der Waals surface area contributed by atoms with Gasteiger partial charge in [-0.05, 0) is 37.6 Å². The summed E-state index contributed by atoms with van der Waals surface area (Å²) >= 11 is 1.93. The van der Waals surface area contributed by atoms with Crippen LogP contribution >= 0.6 is 11.8 Å². The number of hydrogen-bond donors (Lipinski definition) is 1. The number of thioether (sulfide) groups is 1. The summed E-state index contributed by atoms with van der Waals surface area (Å²) in [5, 5.41) is 3.92. The highest BCUT2D eigenvalue weighted by atomic mass is 32.2. The minimum absolute atomic E-state index is 0.528. The number of benzene rings is 1. The average Bonchev–Trinajstić information content (AvgIpc) is 2.40. The van der Waals surface area contributed by atoms with Crippen LogP contribution in [0.5, 0.6) is 5.75 Å². The molecule has 1 aliphatic rings. The molecule has 0 spiro atoms. The van der Waals surface area contributed by atoms with Crippen LogP contribution in [0.1, 0.15) is 12.5 Å². The fraction of sp³-hybridized carbons (Fsp3) is 0.571. The molecule has 1 heterocycles. The number of rotatable bonds is 4. The molecule has 1 saturated heterocycles. The van der Waals surface area contributed by atoms with Gasteiger partial charge >= 0.3 is 0 Å². The number of hydrogen-bond acceptors (Lipinski definition) is 4. The minimum atomic E-state index is 0.528. The quantitative estimate of drug-likeness (QED) is 0.846. The fourth-order valence-electron chi connectivity index (χ4n) is 2.24. The molecule has 0 bridgehead atoms. The summed E-state index contributed by atoms with van der Waals surface area (Å²) in [6.45, 7) is 8.87. The molecule has 0 amide bonds. The highest BCUT2D eigenvalue weighted by Gasteiger charge is 2.17. The van der Waals surface area contributed by atoms with E-state index in [1.54, 1.807) is 7.11 Å². The molecule has 1 aliphatic heterocycles. The molecular weight excluding hydrogens is 244 g/mol. The Morgan fingerprint density at radius 2 is 2.06 bits per heavy atom. The molecule has 2 rings (SSSR count). The van der Waals surface area contributed by atoms with E-state index in [0.717, 1.165) is 31.9 Å². The monoisotopic (exact) mass is 266 g/mol. The van der Waals surface area contributed by atoms with Gasteiger partial charge in [-0.3, -0.25) is 4.90 Å². The summed E-state index contributed by atoms with van der Waals surface area (Å²) in [5.41, 5.74) is 1.20. The number of piperazine rings is 1.